The Kier molecular flexibility index (Phi) is 4.80. The summed E-state index contributed by atoms with van der Waals surface area (Å²) in [4.78, 5) is 12.6. The molecule has 26 heavy (non-hydrogen) atoms. The van der Waals surface area contributed by atoms with Gasteiger partial charge in [-0.3, -0.25) is 9.97 Å². The predicted octanol–water partition coefficient (Wildman–Crippen LogP) is 4.84. The molecular weight excluding hydrogens is 341 g/mol. The molecule has 3 aromatic rings. The summed E-state index contributed by atoms with van der Waals surface area (Å²) >= 11 is 0. The second-order valence-electron chi connectivity index (χ2n) is 6.48. The van der Waals surface area contributed by atoms with Gasteiger partial charge >= 0.3 is 6.18 Å². The molecule has 0 saturated carbocycles. The summed E-state index contributed by atoms with van der Waals surface area (Å²) in [6.07, 6.45) is 2.23. The molecule has 0 amide bonds. The fourth-order valence-electron chi connectivity index (χ4n) is 2.81. The molecule has 0 aliphatic heterocycles. The first-order chi connectivity index (χ1) is 12.3. The van der Waals surface area contributed by atoms with Gasteiger partial charge in [-0.25, -0.2) is 4.98 Å². The fourth-order valence-corrected chi connectivity index (χ4v) is 2.81. The summed E-state index contributed by atoms with van der Waals surface area (Å²) in [6.45, 7) is 5.91. The van der Waals surface area contributed by atoms with Crippen molar-refractivity contribution in [2.75, 3.05) is 0 Å². The number of hydrogen-bond acceptors (Lipinski definition) is 3. The maximum atomic E-state index is 13.2. The van der Waals surface area contributed by atoms with Crippen LogP contribution in [0.25, 0.3) is 11.3 Å². The maximum Gasteiger partial charge on any atom is 0.418 e. The smallest absolute Gasteiger partial charge is 0.330 e. The highest BCUT2D eigenvalue weighted by atomic mass is 19.4. The average Bonchev–Trinajstić information content (AvgIpc) is 2.99. The fraction of sp³-hybridized carbons (Fsp3) is 0.316. The molecule has 3 rings (SSSR count). The lowest BCUT2D eigenvalue weighted by Crippen LogP contribution is -2.09. The molecule has 0 saturated heterocycles. The Morgan fingerprint density at radius 3 is 2.58 bits per heavy atom. The van der Waals surface area contributed by atoms with Gasteiger partial charge in [0, 0.05) is 42.0 Å². The van der Waals surface area contributed by atoms with Crippen LogP contribution in [-0.4, -0.2) is 19.5 Å². The zero-order chi connectivity index (χ0) is 18.9. The lowest BCUT2D eigenvalue weighted by molar-refractivity contribution is -0.138. The van der Waals surface area contributed by atoms with Crippen LogP contribution in [0.1, 0.15) is 42.4 Å². The van der Waals surface area contributed by atoms with Gasteiger partial charge in [0.15, 0.2) is 0 Å². The Labute approximate surface area is 149 Å². The van der Waals surface area contributed by atoms with E-state index in [1.807, 2.05) is 30.5 Å². The minimum Gasteiger partial charge on any atom is -0.330 e. The first kappa shape index (κ1) is 18.1. The molecule has 0 fully saturated rings. The summed E-state index contributed by atoms with van der Waals surface area (Å²) in [7, 11) is 0. The van der Waals surface area contributed by atoms with Crippen molar-refractivity contribution < 1.29 is 13.2 Å². The van der Waals surface area contributed by atoms with Crippen molar-refractivity contribution in [1.29, 1.82) is 0 Å². The van der Waals surface area contributed by atoms with Crippen LogP contribution >= 0.6 is 0 Å². The molecule has 0 N–H and O–H groups in total. The normalized spacial score (nSPS) is 12.0. The summed E-state index contributed by atoms with van der Waals surface area (Å²) < 4.78 is 41.5. The Bertz CT molecular complexity index is 899. The predicted molar refractivity (Wildman–Crippen MR) is 92.6 cm³/mol. The van der Waals surface area contributed by atoms with Crippen molar-refractivity contribution in [1.82, 2.24) is 19.5 Å². The van der Waals surface area contributed by atoms with E-state index in [1.165, 1.54) is 13.1 Å². The quantitative estimate of drug-likeness (QED) is 0.669. The molecule has 7 heteroatoms. The largest absolute Gasteiger partial charge is 0.418 e. The van der Waals surface area contributed by atoms with Gasteiger partial charge in [0.1, 0.15) is 5.82 Å². The number of imidazole rings is 1. The molecule has 0 aliphatic carbocycles. The highest BCUT2D eigenvalue weighted by Gasteiger charge is 2.33. The van der Waals surface area contributed by atoms with Gasteiger partial charge in [0.05, 0.1) is 17.8 Å². The van der Waals surface area contributed by atoms with Gasteiger partial charge < -0.3 is 4.57 Å². The summed E-state index contributed by atoms with van der Waals surface area (Å²) in [5, 5.41) is 0. The number of pyridine rings is 2. The number of rotatable bonds is 4. The second kappa shape index (κ2) is 6.90. The van der Waals surface area contributed by atoms with Crippen LogP contribution < -0.4 is 0 Å². The Morgan fingerprint density at radius 1 is 1.19 bits per heavy atom. The van der Waals surface area contributed by atoms with Gasteiger partial charge in [0.25, 0.3) is 0 Å². The zero-order valence-corrected chi connectivity index (χ0v) is 14.7. The van der Waals surface area contributed by atoms with Crippen LogP contribution in [0, 0.1) is 6.92 Å². The Balaban J connectivity index is 2.03. The van der Waals surface area contributed by atoms with Gasteiger partial charge in [-0.15, -0.1) is 0 Å². The average molecular weight is 360 g/mol. The Morgan fingerprint density at radius 2 is 1.96 bits per heavy atom. The van der Waals surface area contributed by atoms with Crippen molar-refractivity contribution in [3.8, 4) is 11.3 Å². The standard InChI is InChI=1S/C19H19F3N4/c1-12(2)18-25-17(11-26(18)10-14-5-4-6-23-8-14)15-7-16(19(20,21)22)13(3)24-9-15/h4-9,11-12H,10H2,1-3H3. The minimum absolute atomic E-state index is 0.0416. The second-order valence-corrected chi connectivity index (χ2v) is 6.48. The van der Waals surface area contributed by atoms with E-state index in [0.29, 0.717) is 17.8 Å². The molecule has 136 valence electrons. The third-order valence-corrected chi connectivity index (χ3v) is 4.09. The van der Waals surface area contributed by atoms with Crippen molar-refractivity contribution in [2.24, 2.45) is 0 Å². The first-order valence-electron chi connectivity index (χ1n) is 8.26. The van der Waals surface area contributed by atoms with E-state index >= 15 is 0 Å². The molecule has 0 bridgehead atoms. The van der Waals surface area contributed by atoms with Crippen LogP contribution in [0.4, 0.5) is 13.2 Å². The van der Waals surface area contributed by atoms with Gasteiger partial charge in [-0.1, -0.05) is 19.9 Å². The summed E-state index contributed by atoms with van der Waals surface area (Å²) in [6, 6.07) is 4.91. The lowest BCUT2D eigenvalue weighted by Gasteiger charge is -2.10. The van der Waals surface area contributed by atoms with Crippen LogP contribution in [0.2, 0.25) is 0 Å². The molecule has 0 aromatic carbocycles. The highest BCUT2D eigenvalue weighted by Crippen LogP contribution is 2.33. The van der Waals surface area contributed by atoms with E-state index in [1.54, 1.807) is 18.6 Å². The maximum absolute atomic E-state index is 13.2. The SMILES string of the molecule is Cc1ncc(-c2cn(Cc3cccnc3)c(C(C)C)n2)cc1C(F)(F)F. The number of aromatic nitrogens is 4. The number of nitrogens with zero attached hydrogens (tertiary/aromatic N) is 4. The molecule has 3 heterocycles. The van der Waals surface area contributed by atoms with E-state index in [9.17, 15) is 13.2 Å². The van der Waals surface area contributed by atoms with E-state index in [-0.39, 0.29) is 11.6 Å². The lowest BCUT2D eigenvalue weighted by atomic mass is 10.1. The van der Waals surface area contributed by atoms with E-state index in [4.69, 9.17) is 0 Å². The molecule has 3 aromatic heterocycles. The molecule has 0 atom stereocenters. The highest BCUT2D eigenvalue weighted by molar-refractivity contribution is 5.59. The number of aryl methyl sites for hydroxylation is 1. The molecule has 0 aliphatic rings. The monoisotopic (exact) mass is 360 g/mol. The minimum atomic E-state index is -4.44. The van der Waals surface area contributed by atoms with Crippen LogP contribution in [-0.2, 0) is 12.7 Å². The number of alkyl halides is 3. The van der Waals surface area contributed by atoms with Crippen molar-refractivity contribution in [3.63, 3.8) is 0 Å². The van der Waals surface area contributed by atoms with Crippen LogP contribution in [0.5, 0.6) is 0 Å². The first-order valence-corrected chi connectivity index (χ1v) is 8.26. The third kappa shape index (κ3) is 3.76. The summed E-state index contributed by atoms with van der Waals surface area (Å²) in [5.74, 6) is 0.930. The molecule has 0 unspecified atom stereocenters. The van der Waals surface area contributed by atoms with E-state index < -0.39 is 11.7 Å². The topological polar surface area (TPSA) is 43.6 Å². The third-order valence-electron chi connectivity index (χ3n) is 4.09. The molecular formula is C19H19F3N4. The van der Waals surface area contributed by atoms with Crippen molar-refractivity contribution >= 4 is 0 Å². The number of halogens is 3. The van der Waals surface area contributed by atoms with Crippen molar-refractivity contribution in [2.45, 2.75) is 39.4 Å². The van der Waals surface area contributed by atoms with Gasteiger partial charge in [-0.2, -0.15) is 13.2 Å². The van der Waals surface area contributed by atoms with E-state index in [0.717, 1.165) is 17.5 Å². The van der Waals surface area contributed by atoms with Crippen LogP contribution in [0.3, 0.4) is 0 Å². The molecule has 4 nitrogen and oxygen atoms in total. The van der Waals surface area contributed by atoms with E-state index in [2.05, 4.69) is 15.0 Å². The van der Waals surface area contributed by atoms with Gasteiger partial charge in [-0.05, 0) is 24.6 Å². The summed E-state index contributed by atoms with van der Waals surface area (Å²) in [5.41, 5.74) is 1.06. The van der Waals surface area contributed by atoms with Gasteiger partial charge in [0.2, 0.25) is 0 Å². The Hall–Kier alpha value is -2.70. The number of hydrogen-bond donors (Lipinski definition) is 0. The van der Waals surface area contributed by atoms with Crippen molar-refractivity contribution in [3.05, 3.63) is 65.6 Å². The zero-order valence-electron chi connectivity index (χ0n) is 14.7. The molecule has 0 spiro atoms. The molecule has 0 radical (unpaired) electrons. The van der Waals surface area contributed by atoms with Crippen LogP contribution in [0.15, 0.2) is 43.0 Å².